The van der Waals surface area contributed by atoms with E-state index in [1.165, 1.54) is 16.6 Å². The third-order valence-electron chi connectivity index (χ3n) is 4.21. The van der Waals surface area contributed by atoms with Crippen molar-refractivity contribution in [3.8, 4) is 22.8 Å². The van der Waals surface area contributed by atoms with Crippen LogP contribution in [-0.2, 0) is 0 Å². The standard InChI is InChI=1S/C23H18O4Se/c24-19-13-17(26-11-12-28-18-9-5-2-6-10-18)14-22-23(19)20(25)15-21(27-22)16-7-3-1-4-8-16/h1-10,13-15,24H,11-12H2. The number of aromatic hydroxyl groups is 1. The molecule has 1 heterocycles. The topological polar surface area (TPSA) is 59.7 Å². The van der Waals surface area contributed by atoms with Crippen molar-refractivity contribution in [2.24, 2.45) is 0 Å². The molecule has 4 rings (SSSR count). The van der Waals surface area contributed by atoms with E-state index in [9.17, 15) is 9.90 Å². The molecular formula is C23H18O4Se. The summed E-state index contributed by atoms with van der Waals surface area (Å²) in [6.45, 7) is 0.530. The molecule has 5 heteroatoms. The van der Waals surface area contributed by atoms with Crippen LogP contribution < -0.4 is 14.6 Å². The second-order valence-electron chi connectivity index (χ2n) is 6.17. The third-order valence-corrected chi connectivity index (χ3v) is 6.25. The predicted molar refractivity (Wildman–Crippen MR) is 112 cm³/mol. The van der Waals surface area contributed by atoms with Crippen LogP contribution >= 0.6 is 0 Å². The van der Waals surface area contributed by atoms with Gasteiger partial charge in [-0.2, -0.15) is 0 Å². The SMILES string of the molecule is O=c1cc(-c2ccccc2)oc2cc(OCC[Se]c3ccccc3)cc(O)c12. The van der Waals surface area contributed by atoms with Crippen LogP contribution in [0, 0.1) is 0 Å². The number of ether oxygens (including phenoxy) is 1. The van der Waals surface area contributed by atoms with E-state index >= 15 is 0 Å². The van der Waals surface area contributed by atoms with Crippen molar-refractivity contribution in [1.29, 1.82) is 0 Å². The molecule has 0 fully saturated rings. The van der Waals surface area contributed by atoms with Gasteiger partial charge in [-0.1, -0.05) is 0 Å². The maximum absolute atomic E-state index is 12.5. The van der Waals surface area contributed by atoms with Gasteiger partial charge >= 0.3 is 168 Å². The fourth-order valence-corrected chi connectivity index (χ4v) is 4.48. The molecule has 0 aliphatic heterocycles. The van der Waals surface area contributed by atoms with Crippen LogP contribution in [0.5, 0.6) is 11.5 Å². The Hall–Kier alpha value is -3.01. The first-order chi connectivity index (χ1) is 13.7. The van der Waals surface area contributed by atoms with Gasteiger partial charge in [0, 0.05) is 0 Å². The molecule has 0 unspecified atom stereocenters. The summed E-state index contributed by atoms with van der Waals surface area (Å²) in [5, 5.41) is 11.4. The first-order valence-corrected chi connectivity index (χ1v) is 10.9. The first-order valence-electron chi connectivity index (χ1n) is 8.87. The number of phenols is 1. The third kappa shape index (κ3) is 4.11. The summed E-state index contributed by atoms with van der Waals surface area (Å²) in [5.41, 5.74) is 0.837. The fourth-order valence-electron chi connectivity index (χ4n) is 2.91. The molecule has 0 radical (unpaired) electrons. The average Bonchev–Trinajstić information content (AvgIpc) is 2.72. The normalized spacial score (nSPS) is 10.9. The molecule has 0 aliphatic rings. The summed E-state index contributed by atoms with van der Waals surface area (Å²) in [6, 6.07) is 24.2. The molecule has 0 atom stereocenters. The summed E-state index contributed by atoms with van der Waals surface area (Å²) in [7, 11) is 0. The number of phenolic OH excluding ortho intramolecular Hbond substituents is 1. The van der Waals surface area contributed by atoms with Gasteiger partial charge in [0.2, 0.25) is 0 Å². The molecule has 0 bridgehead atoms. The van der Waals surface area contributed by atoms with Crippen LogP contribution in [0.3, 0.4) is 0 Å². The number of rotatable bonds is 6. The number of fused-ring (bicyclic) bond motifs is 1. The average molecular weight is 437 g/mol. The molecular weight excluding hydrogens is 419 g/mol. The van der Waals surface area contributed by atoms with E-state index in [0.717, 1.165) is 10.9 Å². The Morgan fingerprint density at radius 2 is 1.64 bits per heavy atom. The second kappa shape index (κ2) is 8.34. The molecule has 140 valence electrons. The van der Waals surface area contributed by atoms with Gasteiger partial charge in [0.25, 0.3) is 0 Å². The molecule has 0 amide bonds. The Bertz CT molecular complexity index is 1140. The van der Waals surface area contributed by atoms with Crippen molar-refractivity contribution >= 4 is 30.4 Å². The van der Waals surface area contributed by atoms with Crippen molar-refractivity contribution in [2.75, 3.05) is 6.61 Å². The van der Waals surface area contributed by atoms with E-state index in [4.69, 9.17) is 9.15 Å². The summed E-state index contributed by atoms with van der Waals surface area (Å²) >= 11 is 0.327. The van der Waals surface area contributed by atoms with Gasteiger partial charge in [0.1, 0.15) is 0 Å². The number of hydrogen-bond donors (Lipinski definition) is 1. The molecule has 4 nitrogen and oxygen atoms in total. The maximum atomic E-state index is 12.5. The molecule has 28 heavy (non-hydrogen) atoms. The summed E-state index contributed by atoms with van der Waals surface area (Å²) in [4.78, 5) is 12.5. The van der Waals surface area contributed by atoms with E-state index in [1.54, 1.807) is 6.07 Å². The zero-order valence-corrected chi connectivity index (χ0v) is 16.7. The molecule has 0 spiro atoms. The predicted octanol–water partition coefficient (Wildman–Crippen LogP) is 3.99. The Balaban J connectivity index is 1.55. The van der Waals surface area contributed by atoms with E-state index < -0.39 is 0 Å². The molecule has 0 saturated heterocycles. The molecule has 0 aliphatic carbocycles. The zero-order valence-electron chi connectivity index (χ0n) is 15.0. The van der Waals surface area contributed by atoms with Crippen LogP contribution in [0.1, 0.15) is 0 Å². The van der Waals surface area contributed by atoms with Crippen molar-refractivity contribution in [2.45, 2.75) is 5.32 Å². The Morgan fingerprint density at radius 1 is 0.929 bits per heavy atom. The van der Waals surface area contributed by atoms with Crippen molar-refractivity contribution < 1.29 is 14.3 Å². The molecule has 4 aromatic rings. The van der Waals surface area contributed by atoms with Crippen molar-refractivity contribution in [1.82, 2.24) is 0 Å². The monoisotopic (exact) mass is 438 g/mol. The van der Waals surface area contributed by atoms with Crippen LogP contribution in [-0.4, -0.2) is 26.7 Å². The Morgan fingerprint density at radius 3 is 2.39 bits per heavy atom. The van der Waals surface area contributed by atoms with Crippen molar-refractivity contribution in [3.05, 3.63) is 89.1 Å². The van der Waals surface area contributed by atoms with Gasteiger partial charge in [-0.05, 0) is 0 Å². The summed E-state index contributed by atoms with van der Waals surface area (Å²) < 4.78 is 13.0. The van der Waals surface area contributed by atoms with Gasteiger partial charge in [-0.3, -0.25) is 0 Å². The minimum atomic E-state index is -0.281. The summed E-state index contributed by atoms with van der Waals surface area (Å²) in [6.07, 6.45) is 0. The second-order valence-corrected chi connectivity index (χ2v) is 8.62. The van der Waals surface area contributed by atoms with Crippen LogP contribution in [0.15, 0.2) is 88.1 Å². The minimum absolute atomic E-state index is 0.130. The van der Waals surface area contributed by atoms with E-state index in [2.05, 4.69) is 12.1 Å². The van der Waals surface area contributed by atoms with Gasteiger partial charge in [-0.15, -0.1) is 0 Å². The quantitative estimate of drug-likeness (QED) is 0.366. The summed E-state index contributed by atoms with van der Waals surface area (Å²) in [5.74, 6) is 0.818. The van der Waals surface area contributed by atoms with E-state index in [-0.39, 0.29) is 16.6 Å². The number of hydrogen-bond acceptors (Lipinski definition) is 4. The van der Waals surface area contributed by atoms with Crippen LogP contribution in [0.25, 0.3) is 22.3 Å². The fraction of sp³-hybridized carbons (Fsp3) is 0.0870. The van der Waals surface area contributed by atoms with Crippen molar-refractivity contribution in [3.63, 3.8) is 0 Å². The van der Waals surface area contributed by atoms with Crippen LogP contribution in [0.4, 0.5) is 0 Å². The van der Waals surface area contributed by atoms with E-state index in [1.807, 2.05) is 48.5 Å². The van der Waals surface area contributed by atoms with Gasteiger partial charge in [-0.25, -0.2) is 0 Å². The van der Waals surface area contributed by atoms with Crippen LogP contribution in [0.2, 0.25) is 5.32 Å². The number of benzene rings is 3. The van der Waals surface area contributed by atoms with Gasteiger partial charge in [0.15, 0.2) is 0 Å². The first kappa shape index (κ1) is 18.4. The van der Waals surface area contributed by atoms with Gasteiger partial charge < -0.3 is 0 Å². The zero-order chi connectivity index (χ0) is 19.3. The van der Waals surface area contributed by atoms with Gasteiger partial charge in [0.05, 0.1) is 0 Å². The Kier molecular flexibility index (Phi) is 5.47. The molecule has 3 aromatic carbocycles. The molecule has 1 aromatic heterocycles. The van der Waals surface area contributed by atoms with E-state index in [0.29, 0.717) is 38.7 Å². The molecule has 1 N–H and O–H groups in total. The Labute approximate surface area is 168 Å². The molecule has 0 saturated carbocycles.